The number of nitrogens with two attached hydrogens (primary N) is 1. The predicted octanol–water partition coefficient (Wildman–Crippen LogP) is 2.34. The highest BCUT2D eigenvalue weighted by Crippen LogP contribution is 2.24. The Bertz CT molecular complexity index is 352. The third-order valence-corrected chi connectivity index (χ3v) is 2.89. The molecule has 3 atom stereocenters. The molecule has 3 heteroatoms. The molecule has 1 aromatic rings. The molecule has 0 heterocycles. The van der Waals surface area contributed by atoms with Gasteiger partial charge in [0, 0.05) is 6.04 Å². The molecule has 0 amide bonds. The number of aliphatic hydroxyl groups is 1. The van der Waals surface area contributed by atoms with Crippen LogP contribution in [0.2, 0.25) is 0 Å². The summed E-state index contributed by atoms with van der Waals surface area (Å²) in [5.41, 5.74) is 7.13. The maximum Gasteiger partial charge on any atom is 0.126 e. The Morgan fingerprint density at radius 3 is 2.50 bits per heavy atom. The average molecular weight is 225 g/mol. The maximum absolute atomic E-state index is 13.6. The highest BCUT2D eigenvalue weighted by Gasteiger charge is 2.17. The van der Waals surface area contributed by atoms with Crippen molar-refractivity contribution >= 4 is 0 Å². The van der Waals surface area contributed by atoms with Crippen molar-refractivity contribution in [3.05, 3.63) is 35.1 Å². The number of aliphatic hydroxyl groups excluding tert-OH is 1. The van der Waals surface area contributed by atoms with E-state index in [2.05, 4.69) is 0 Å². The molecule has 0 aromatic heterocycles. The van der Waals surface area contributed by atoms with Crippen molar-refractivity contribution < 1.29 is 9.50 Å². The van der Waals surface area contributed by atoms with E-state index in [1.54, 1.807) is 13.0 Å². The SMILES string of the molecule is Cc1ccc(C(C)CC(O)C(C)N)c(F)c1. The van der Waals surface area contributed by atoms with Gasteiger partial charge in [-0.2, -0.15) is 0 Å². The maximum atomic E-state index is 13.6. The Morgan fingerprint density at radius 1 is 1.38 bits per heavy atom. The third-order valence-electron chi connectivity index (χ3n) is 2.89. The van der Waals surface area contributed by atoms with E-state index in [1.807, 2.05) is 19.9 Å². The zero-order chi connectivity index (χ0) is 12.3. The van der Waals surface area contributed by atoms with Crippen LogP contribution in [-0.2, 0) is 0 Å². The summed E-state index contributed by atoms with van der Waals surface area (Å²) in [4.78, 5) is 0. The van der Waals surface area contributed by atoms with Crippen LogP contribution in [-0.4, -0.2) is 17.3 Å². The molecule has 0 bridgehead atoms. The molecule has 0 saturated carbocycles. The largest absolute Gasteiger partial charge is 0.392 e. The van der Waals surface area contributed by atoms with Gasteiger partial charge in [-0.3, -0.25) is 0 Å². The summed E-state index contributed by atoms with van der Waals surface area (Å²) in [5, 5.41) is 9.66. The monoisotopic (exact) mass is 225 g/mol. The number of benzene rings is 1. The van der Waals surface area contributed by atoms with Crippen LogP contribution in [0.25, 0.3) is 0 Å². The Balaban J connectivity index is 2.76. The predicted molar refractivity (Wildman–Crippen MR) is 63.8 cm³/mol. The molecule has 3 N–H and O–H groups in total. The number of hydrogen-bond donors (Lipinski definition) is 2. The molecule has 3 unspecified atom stereocenters. The summed E-state index contributed by atoms with van der Waals surface area (Å²) in [6, 6.07) is 4.90. The molecule has 0 aliphatic heterocycles. The van der Waals surface area contributed by atoms with E-state index in [9.17, 15) is 9.50 Å². The van der Waals surface area contributed by atoms with Crippen LogP contribution < -0.4 is 5.73 Å². The van der Waals surface area contributed by atoms with Crippen LogP contribution >= 0.6 is 0 Å². The number of halogens is 1. The van der Waals surface area contributed by atoms with Crippen LogP contribution in [0.3, 0.4) is 0 Å². The van der Waals surface area contributed by atoms with Crippen molar-refractivity contribution in [2.75, 3.05) is 0 Å². The lowest BCUT2D eigenvalue weighted by atomic mass is 9.92. The average Bonchev–Trinajstić information content (AvgIpc) is 2.16. The van der Waals surface area contributed by atoms with Crippen molar-refractivity contribution in [1.29, 1.82) is 0 Å². The number of hydrogen-bond acceptors (Lipinski definition) is 2. The van der Waals surface area contributed by atoms with Crippen molar-refractivity contribution in [3.63, 3.8) is 0 Å². The Labute approximate surface area is 96.3 Å². The van der Waals surface area contributed by atoms with Gasteiger partial charge in [0.05, 0.1) is 6.10 Å². The van der Waals surface area contributed by atoms with Crippen molar-refractivity contribution in [2.45, 2.75) is 45.3 Å². The van der Waals surface area contributed by atoms with Gasteiger partial charge < -0.3 is 10.8 Å². The second-order valence-corrected chi connectivity index (χ2v) is 4.59. The minimum absolute atomic E-state index is 0.0263. The van der Waals surface area contributed by atoms with Gasteiger partial charge in [0.15, 0.2) is 0 Å². The summed E-state index contributed by atoms with van der Waals surface area (Å²) in [6.07, 6.45) is -0.104. The molecular formula is C13H20FNO. The van der Waals surface area contributed by atoms with E-state index in [1.165, 1.54) is 6.07 Å². The highest BCUT2D eigenvalue weighted by atomic mass is 19.1. The fourth-order valence-electron chi connectivity index (χ4n) is 1.74. The summed E-state index contributed by atoms with van der Waals surface area (Å²) in [6.45, 7) is 5.51. The molecule has 1 aromatic carbocycles. The minimum Gasteiger partial charge on any atom is -0.392 e. The zero-order valence-electron chi connectivity index (χ0n) is 10.1. The quantitative estimate of drug-likeness (QED) is 0.826. The number of aryl methyl sites for hydroxylation is 1. The highest BCUT2D eigenvalue weighted by molar-refractivity contribution is 5.26. The second kappa shape index (κ2) is 5.41. The van der Waals surface area contributed by atoms with E-state index >= 15 is 0 Å². The van der Waals surface area contributed by atoms with Gasteiger partial charge in [0.25, 0.3) is 0 Å². The van der Waals surface area contributed by atoms with Gasteiger partial charge in [-0.15, -0.1) is 0 Å². The van der Waals surface area contributed by atoms with E-state index in [0.29, 0.717) is 12.0 Å². The smallest absolute Gasteiger partial charge is 0.126 e. The van der Waals surface area contributed by atoms with Crippen LogP contribution in [0.5, 0.6) is 0 Å². The van der Waals surface area contributed by atoms with Gasteiger partial charge in [-0.05, 0) is 43.4 Å². The first-order chi connectivity index (χ1) is 7.41. The molecule has 0 spiro atoms. The topological polar surface area (TPSA) is 46.2 Å². The van der Waals surface area contributed by atoms with Gasteiger partial charge >= 0.3 is 0 Å². The first-order valence-corrected chi connectivity index (χ1v) is 5.61. The van der Waals surface area contributed by atoms with Gasteiger partial charge in [0.2, 0.25) is 0 Å². The van der Waals surface area contributed by atoms with Gasteiger partial charge in [-0.1, -0.05) is 19.1 Å². The zero-order valence-corrected chi connectivity index (χ0v) is 10.1. The summed E-state index contributed by atoms with van der Waals surface area (Å²) >= 11 is 0. The second-order valence-electron chi connectivity index (χ2n) is 4.59. The molecule has 16 heavy (non-hydrogen) atoms. The normalized spacial score (nSPS) is 16.9. The first kappa shape index (κ1) is 13.1. The lowest BCUT2D eigenvalue weighted by Crippen LogP contribution is -2.32. The first-order valence-electron chi connectivity index (χ1n) is 5.61. The molecule has 0 aliphatic rings. The van der Waals surface area contributed by atoms with E-state index in [4.69, 9.17) is 5.73 Å². The standard InChI is InChI=1S/C13H20FNO/c1-8-4-5-11(12(14)6-8)9(2)7-13(16)10(3)15/h4-6,9-10,13,16H,7,15H2,1-3H3. The van der Waals surface area contributed by atoms with E-state index in [-0.39, 0.29) is 17.8 Å². The molecule has 0 fully saturated rings. The Kier molecular flexibility index (Phi) is 4.44. The van der Waals surface area contributed by atoms with E-state index in [0.717, 1.165) is 5.56 Å². The molecule has 0 radical (unpaired) electrons. The number of rotatable bonds is 4. The molecule has 0 aliphatic carbocycles. The Hall–Kier alpha value is -0.930. The van der Waals surface area contributed by atoms with E-state index < -0.39 is 6.10 Å². The van der Waals surface area contributed by atoms with Crippen molar-refractivity contribution in [2.24, 2.45) is 5.73 Å². The molecule has 90 valence electrons. The van der Waals surface area contributed by atoms with Gasteiger partial charge in [-0.25, -0.2) is 4.39 Å². The summed E-state index contributed by atoms with van der Waals surface area (Å²) in [7, 11) is 0. The summed E-state index contributed by atoms with van der Waals surface area (Å²) in [5.74, 6) is -0.231. The molecular weight excluding hydrogens is 205 g/mol. The fourth-order valence-corrected chi connectivity index (χ4v) is 1.74. The molecule has 2 nitrogen and oxygen atoms in total. The molecule has 1 rings (SSSR count). The van der Waals surface area contributed by atoms with Crippen LogP contribution in [0.1, 0.15) is 37.3 Å². The third kappa shape index (κ3) is 3.29. The van der Waals surface area contributed by atoms with Crippen molar-refractivity contribution in [1.82, 2.24) is 0 Å². The Morgan fingerprint density at radius 2 is 2.00 bits per heavy atom. The van der Waals surface area contributed by atoms with Crippen molar-refractivity contribution in [3.8, 4) is 0 Å². The van der Waals surface area contributed by atoms with Crippen LogP contribution in [0.4, 0.5) is 4.39 Å². The van der Waals surface area contributed by atoms with Crippen LogP contribution in [0.15, 0.2) is 18.2 Å². The lowest BCUT2D eigenvalue weighted by Gasteiger charge is -2.20. The van der Waals surface area contributed by atoms with Crippen LogP contribution in [0, 0.1) is 12.7 Å². The fraction of sp³-hybridized carbons (Fsp3) is 0.538. The lowest BCUT2D eigenvalue weighted by molar-refractivity contribution is 0.134. The minimum atomic E-state index is -0.587. The summed E-state index contributed by atoms with van der Waals surface area (Å²) < 4.78 is 13.6. The molecule has 0 saturated heterocycles. The van der Waals surface area contributed by atoms with Gasteiger partial charge in [0.1, 0.15) is 5.82 Å².